The molecule has 0 heterocycles. The van der Waals surface area contributed by atoms with Crippen LogP contribution in [0, 0.1) is 0 Å². The molecule has 8 nitrogen and oxygen atoms in total. The summed E-state index contributed by atoms with van der Waals surface area (Å²) in [5.74, 6) is -0.179. The van der Waals surface area contributed by atoms with Crippen LogP contribution in [-0.4, -0.2) is 73.4 Å². The largest absolute Gasteiger partial charge is 0.472 e. The lowest BCUT2D eigenvalue weighted by atomic mass is 10.0. The van der Waals surface area contributed by atoms with Crippen molar-refractivity contribution in [1.82, 2.24) is 5.32 Å². The van der Waals surface area contributed by atoms with Gasteiger partial charge in [0, 0.05) is 6.42 Å². The highest BCUT2D eigenvalue weighted by Gasteiger charge is 2.28. The van der Waals surface area contributed by atoms with Crippen LogP contribution < -0.4 is 5.32 Å². The lowest BCUT2D eigenvalue weighted by Crippen LogP contribution is -2.45. The molecule has 0 saturated carbocycles. The van der Waals surface area contributed by atoms with Gasteiger partial charge in [-0.15, -0.1) is 0 Å². The Bertz CT molecular complexity index is 1540. The number of hydrogen-bond donors (Lipinski definition) is 3. The molecule has 86 heavy (non-hydrogen) atoms. The lowest BCUT2D eigenvalue weighted by molar-refractivity contribution is -0.870. The molecule has 0 bridgehead atoms. The third-order valence-corrected chi connectivity index (χ3v) is 18.5. The fourth-order valence-corrected chi connectivity index (χ4v) is 12.4. The molecular formula is C77H150N2O6P+. The van der Waals surface area contributed by atoms with E-state index in [2.05, 4.69) is 55.6 Å². The number of phosphoric ester groups is 1. The SMILES string of the molecule is CCCCCCC/C=C\C/C=C\CCCCCCCCCCCCCCCCCCCCCCCC(=O)NC(COP(=O)(O)OCC[N+](C)(C)C)C(O)/C=C/CC/C=C/CCCCCCCCCCCCCCCCCCCCCCCCCCC. The van der Waals surface area contributed by atoms with Crippen LogP contribution in [0.5, 0.6) is 0 Å². The summed E-state index contributed by atoms with van der Waals surface area (Å²) in [6, 6.07) is -0.865. The first-order valence-electron chi connectivity index (χ1n) is 38.0. The molecule has 0 saturated heterocycles. The molecule has 0 aromatic heterocycles. The maximum absolute atomic E-state index is 13.1. The molecule has 0 aromatic carbocycles. The van der Waals surface area contributed by atoms with Crippen molar-refractivity contribution in [3.05, 3.63) is 48.6 Å². The van der Waals surface area contributed by atoms with Crippen molar-refractivity contribution in [2.45, 2.75) is 398 Å². The van der Waals surface area contributed by atoms with Crippen LogP contribution >= 0.6 is 7.82 Å². The summed E-state index contributed by atoms with van der Waals surface area (Å²) in [5, 5.41) is 14.0. The minimum Gasteiger partial charge on any atom is -0.387 e. The second-order valence-electron chi connectivity index (χ2n) is 27.4. The molecule has 9 heteroatoms. The Morgan fingerprint density at radius 1 is 0.395 bits per heavy atom. The number of unbranched alkanes of at least 4 members (excludes halogenated alkanes) is 52. The number of rotatable bonds is 71. The highest BCUT2D eigenvalue weighted by Crippen LogP contribution is 2.43. The predicted molar refractivity (Wildman–Crippen MR) is 378 cm³/mol. The second kappa shape index (κ2) is 67.8. The summed E-state index contributed by atoms with van der Waals surface area (Å²) < 4.78 is 23.8. The van der Waals surface area contributed by atoms with E-state index in [4.69, 9.17) is 9.05 Å². The van der Waals surface area contributed by atoms with Crippen LogP contribution in [0.15, 0.2) is 48.6 Å². The normalized spacial score (nSPS) is 13.8. The standard InChI is InChI=1S/C77H149N2O6P/c1-6-8-10-12-14-16-18-20-22-24-26-28-30-32-34-36-38-39-41-43-45-47-49-51-53-55-57-59-61-63-65-67-69-71-77(81)78-75(74-85-86(82,83)84-73-72-79(3,4)5)76(80)70-68-66-64-62-60-58-56-54-52-50-48-46-44-42-40-37-35-33-31-29-27-25-23-21-19-17-15-13-11-9-7-2/h18,20,24,26,60,62,68,70,75-76,80H,6-17,19,21-23,25,27-59,61,63-67,69,71-74H2,1-5H3,(H-,78,81,82,83)/p+1/b20-18-,26-24-,62-60+,70-68+. The number of hydrogen-bond acceptors (Lipinski definition) is 5. The molecule has 3 atom stereocenters. The van der Waals surface area contributed by atoms with Gasteiger partial charge in [0.05, 0.1) is 39.9 Å². The minimum absolute atomic E-state index is 0.0575. The Morgan fingerprint density at radius 2 is 0.674 bits per heavy atom. The molecule has 1 amide bonds. The Morgan fingerprint density at radius 3 is 1.00 bits per heavy atom. The van der Waals surface area contributed by atoms with Gasteiger partial charge in [-0.2, -0.15) is 0 Å². The number of phosphoric acid groups is 1. The third-order valence-electron chi connectivity index (χ3n) is 17.5. The summed E-state index contributed by atoms with van der Waals surface area (Å²) in [4.78, 5) is 23.5. The average Bonchev–Trinajstić information content (AvgIpc) is 3.70. The van der Waals surface area contributed by atoms with Crippen LogP contribution in [0.3, 0.4) is 0 Å². The third kappa shape index (κ3) is 69.9. The van der Waals surface area contributed by atoms with Gasteiger partial charge in [0.25, 0.3) is 0 Å². The van der Waals surface area contributed by atoms with Gasteiger partial charge in [-0.1, -0.05) is 364 Å². The van der Waals surface area contributed by atoms with Crippen molar-refractivity contribution < 1.29 is 32.9 Å². The van der Waals surface area contributed by atoms with Crippen molar-refractivity contribution in [2.75, 3.05) is 40.9 Å². The molecular weight excluding hydrogens is 1080 g/mol. The van der Waals surface area contributed by atoms with Gasteiger partial charge in [-0.3, -0.25) is 13.8 Å². The molecule has 0 rings (SSSR count). The topological polar surface area (TPSA) is 105 Å². The number of likely N-dealkylation sites (N-methyl/N-ethyl adjacent to an activating group) is 1. The summed E-state index contributed by atoms with van der Waals surface area (Å²) in [6.07, 6.45) is 92.9. The van der Waals surface area contributed by atoms with Crippen molar-refractivity contribution >= 4 is 13.7 Å². The maximum Gasteiger partial charge on any atom is 0.472 e. The fourth-order valence-electron chi connectivity index (χ4n) is 11.6. The summed E-state index contributed by atoms with van der Waals surface area (Å²) in [5.41, 5.74) is 0. The smallest absolute Gasteiger partial charge is 0.387 e. The van der Waals surface area contributed by atoms with Crippen molar-refractivity contribution in [3.8, 4) is 0 Å². The Hall–Kier alpha value is -1.54. The van der Waals surface area contributed by atoms with E-state index in [0.29, 0.717) is 17.4 Å². The number of quaternary nitrogens is 1. The van der Waals surface area contributed by atoms with Crippen molar-refractivity contribution in [2.24, 2.45) is 0 Å². The molecule has 0 aliphatic heterocycles. The molecule has 3 N–H and O–H groups in total. The number of carbonyl (C=O) groups is 1. The van der Waals surface area contributed by atoms with Gasteiger partial charge >= 0.3 is 7.82 Å². The van der Waals surface area contributed by atoms with E-state index < -0.39 is 20.0 Å². The highest BCUT2D eigenvalue weighted by molar-refractivity contribution is 7.47. The van der Waals surface area contributed by atoms with Gasteiger partial charge in [0.1, 0.15) is 13.2 Å². The van der Waals surface area contributed by atoms with Crippen LogP contribution in [0.2, 0.25) is 0 Å². The van der Waals surface area contributed by atoms with Crippen LogP contribution in [0.1, 0.15) is 386 Å². The zero-order valence-corrected chi connectivity index (χ0v) is 59.2. The summed E-state index contributed by atoms with van der Waals surface area (Å²) >= 11 is 0. The summed E-state index contributed by atoms with van der Waals surface area (Å²) in [6.45, 7) is 4.84. The molecule has 0 aromatic rings. The number of nitrogens with zero attached hydrogens (tertiary/aromatic N) is 1. The van der Waals surface area contributed by atoms with Gasteiger partial charge in [-0.05, 0) is 64.2 Å². The number of aliphatic hydroxyl groups is 1. The first kappa shape index (κ1) is 84.5. The summed E-state index contributed by atoms with van der Waals surface area (Å²) in [7, 11) is 1.57. The fraction of sp³-hybridized carbons (Fsp3) is 0.883. The lowest BCUT2D eigenvalue weighted by Gasteiger charge is -2.25. The monoisotopic (exact) mass is 1230 g/mol. The Labute approximate surface area is 537 Å². The zero-order valence-electron chi connectivity index (χ0n) is 58.3. The number of carbonyl (C=O) groups excluding carboxylic acids is 1. The van der Waals surface area contributed by atoms with E-state index in [1.807, 2.05) is 27.2 Å². The zero-order chi connectivity index (χ0) is 62.6. The van der Waals surface area contributed by atoms with Crippen molar-refractivity contribution in [1.29, 1.82) is 0 Å². The van der Waals surface area contributed by atoms with Gasteiger partial charge in [-0.25, -0.2) is 4.57 Å². The van der Waals surface area contributed by atoms with E-state index >= 15 is 0 Å². The molecule has 0 fully saturated rings. The molecule has 0 radical (unpaired) electrons. The van der Waals surface area contributed by atoms with Gasteiger partial charge in [0.15, 0.2) is 0 Å². The highest BCUT2D eigenvalue weighted by atomic mass is 31.2. The van der Waals surface area contributed by atoms with E-state index in [9.17, 15) is 19.4 Å². The van der Waals surface area contributed by atoms with Crippen LogP contribution in [0.25, 0.3) is 0 Å². The first-order chi connectivity index (χ1) is 42.0. The quantitative estimate of drug-likeness (QED) is 0.0243. The molecule has 0 aliphatic rings. The molecule has 0 spiro atoms. The molecule has 508 valence electrons. The molecule has 3 unspecified atom stereocenters. The van der Waals surface area contributed by atoms with Crippen LogP contribution in [-0.2, 0) is 18.4 Å². The number of allylic oxidation sites excluding steroid dienone is 7. The molecule has 0 aliphatic carbocycles. The van der Waals surface area contributed by atoms with E-state index in [0.717, 1.165) is 44.9 Å². The minimum atomic E-state index is -4.36. The number of nitrogens with one attached hydrogen (secondary N) is 1. The van der Waals surface area contributed by atoms with E-state index in [-0.39, 0.29) is 19.1 Å². The van der Waals surface area contributed by atoms with Gasteiger partial charge < -0.3 is 19.8 Å². The van der Waals surface area contributed by atoms with E-state index in [1.165, 1.54) is 321 Å². The van der Waals surface area contributed by atoms with Crippen molar-refractivity contribution in [3.63, 3.8) is 0 Å². The van der Waals surface area contributed by atoms with Gasteiger partial charge in [0.2, 0.25) is 5.91 Å². The van der Waals surface area contributed by atoms with E-state index in [1.54, 1.807) is 6.08 Å². The Balaban J connectivity index is 4.02. The maximum atomic E-state index is 13.1. The first-order valence-corrected chi connectivity index (χ1v) is 39.5. The predicted octanol–water partition coefficient (Wildman–Crippen LogP) is 24.6. The van der Waals surface area contributed by atoms with Crippen LogP contribution in [0.4, 0.5) is 0 Å². The Kier molecular flexibility index (Phi) is 66.6. The number of aliphatic hydroxyl groups excluding tert-OH is 1. The number of amides is 1. The second-order valence-corrected chi connectivity index (χ2v) is 28.8. The average molecular weight is 1230 g/mol.